The number of likely N-dealkylation sites (tertiary alicyclic amines) is 1. The molecule has 3 heterocycles. The lowest BCUT2D eigenvalue weighted by molar-refractivity contribution is 0.226. The van der Waals surface area contributed by atoms with E-state index in [1.54, 1.807) is 11.3 Å². The highest BCUT2D eigenvalue weighted by atomic mass is 32.1. The molecule has 0 spiro atoms. The molecule has 1 aliphatic rings. The molecule has 0 bridgehead atoms. The Hall–Kier alpha value is -2.57. The Morgan fingerprint density at radius 2 is 1.85 bits per heavy atom. The molecule has 0 amide bonds. The van der Waals surface area contributed by atoms with Crippen molar-refractivity contribution in [2.45, 2.75) is 65.3 Å². The SMILES string of the molecule is CCc1ccc2nc(C(c3ccc(C)c(C)c3)n3cc(CCCN4CCCCC4)nn3)sc2c1. The Labute approximate surface area is 206 Å². The fraction of sp³-hybridized carbons (Fsp3) is 0.464. The summed E-state index contributed by atoms with van der Waals surface area (Å²) in [6.45, 7) is 10.2. The maximum absolute atomic E-state index is 5.05. The van der Waals surface area contributed by atoms with E-state index in [0.717, 1.165) is 42.0 Å². The number of aryl methyl sites for hydroxylation is 4. The minimum atomic E-state index is -0.0647. The largest absolute Gasteiger partial charge is 0.303 e. The van der Waals surface area contributed by atoms with E-state index in [1.165, 1.54) is 59.3 Å². The van der Waals surface area contributed by atoms with Gasteiger partial charge in [0.05, 0.1) is 15.9 Å². The van der Waals surface area contributed by atoms with Gasteiger partial charge in [0.1, 0.15) is 11.0 Å². The quantitative estimate of drug-likeness (QED) is 0.309. The number of piperidine rings is 1. The highest BCUT2D eigenvalue weighted by Gasteiger charge is 2.23. The zero-order valence-electron chi connectivity index (χ0n) is 20.6. The number of hydrogen-bond acceptors (Lipinski definition) is 5. The Morgan fingerprint density at radius 1 is 1.00 bits per heavy atom. The maximum Gasteiger partial charge on any atom is 0.130 e. The van der Waals surface area contributed by atoms with E-state index in [0.29, 0.717) is 0 Å². The van der Waals surface area contributed by atoms with Gasteiger partial charge in [-0.15, -0.1) is 16.4 Å². The van der Waals surface area contributed by atoms with Crippen LogP contribution >= 0.6 is 11.3 Å². The van der Waals surface area contributed by atoms with Gasteiger partial charge in [0.25, 0.3) is 0 Å². The standard InChI is InChI=1S/C28H35N5S/c1-4-22-11-13-25-26(18-22)34-28(29-25)27(23-12-10-20(2)21(3)17-23)33-19-24(30-31-33)9-8-16-32-14-6-5-7-15-32/h10-13,17-19,27H,4-9,14-16H2,1-3H3. The van der Waals surface area contributed by atoms with E-state index in [-0.39, 0.29) is 6.04 Å². The lowest BCUT2D eigenvalue weighted by atomic mass is 10.0. The second-order valence-electron chi connectivity index (χ2n) is 9.65. The van der Waals surface area contributed by atoms with Crippen LogP contribution in [0.1, 0.15) is 71.6 Å². The van der Waals surface area contributed by atoms with Crippen molar-refractivity contribution >= 4 is 21.6 Å². The average molecular weight is 474 g/mol. The predicted octanol–water partition coefficient (Wildman–Crippen LogP) is 6.12. The monoisotopic (exact) mass is 473 g/mol. The molecule has 2 aromatic carbocycles. The van der Waals surface area contributed by atoms with Crippen LogP contribution in [0.3, 0.4) is 0 Å². The van der Waals surface area contributed by atoms with E-state index in [9.17, 15) is 0 Å². The van der Waals surface area contributed by atoms with Crippen LogP contribution in [-0.2, 0) is 12.8 Å². The summed E-state index contributed by atoms with van der Waals surface area (Å²) in [5.41, 5.74) is 7.29. The van der Waals surface area contributed by atoms with Crippen LogP contribution in [0.4, 0.5) is 0 Å². The Bertz CT molecular complexity index is 1250. The number of nitrogens with zero attached hydrogens (tertiary/aromatic N) is 5. The van der Waals surface area contributed by atoms with Crippen molar-refractivity contribution in [3.05, 3.63) is 75.6 Å². The van der Waals surface area contributed by atoms with Gasteiger partial charge < -0.3 is 4.90 Å². The van der Waals surface area contributed by atoms with Crippen molar-refractivity contribution in [2.75, 3.05) is 19.6 Å². The van der Waals surface area contributed by atoms with Crippen LogP contribution in [-0.4, -0.2) is 44.5 Å². The number of hydrogen-bond donors (Lipinski definition) is 0. The van der Waals surface area contributed by atoms with Crippen LogP contribution in [0.15, 0.2) is 42.6 Å². The van der Waals surface area contributed by atoms with Gasteiger partial charge in [-0.05, 0) is 100.0 Å². The molecule has 5 nitrogen and oxygen atoms in total. The molecule has 5 rings (SSSR count). The fourth-order valence-electron chi connectivity index (χ4n) is 4.89. The Kier molecular flexibility index (Phi) is 7.07. The van der Waals surface area contributed by atoms with Gasteiger partial charge in [0, 0.05) is 6.20 Å². The van der Waals surface area contributed by atoms with E-state index in [1.807, 2.05) is 4.68 Å². The molecule has 178 valence electrons. The minimum absolute atomic E-state index is 0.0647. The average Bonchev–Trinajstić information content (AvgIpc) is 3.49. The van der Waals surface area contributed by atoms with E-state index < -0.39 is 0 Å². The Morgan fingerprint density at radius 3 is 2.65 bits per heavy atom. The van der Waals surface area contributed by atoms with Gasteiger partial charge in [-0.3, -0.25) is 0 Å². The smallest absolute Gasteiger partial charge is 0.130 e. The van der Waals surface area contributed by atoms with Crippen LogP contribution in [0.25, 0.3) is 10.2 Å². The fourth-order valence-corrected chi connectivity index (χ4v) is 6.04. The zero-order valence-corrected chi connectivity index (χ0v) is 21.4. The third kappa shape index (κ3) is 5.08. The molecule has 34 heavy (non-hydrogen) atoms. The van der Waals surface area contributed by atoms with Crippen LogP contribution in [0.2, 0.25) is 0 Å². The molecule has 2 aromatic heterocycles. The van der Waals surface area contributed by atoms with Crippen molar-refractivity contribution < 1.29 is 0 Å². The van der Waals surface area contributed by atoms with Crippen LogP contribution in [0, 0.1) is 13.8 Å². The third-order valence-electron chi connectivity index (χ3n) is 7.14. The summed E-state index contributed by atoms with van der Waals surface area (Å²) >= 11 is 1.77. The number of thiazole rings is 1. The first-order valence-electron chi connectivity index (χ1n) is 12.7. The minimum Gasteiger partial charge on any atom is -0.303 e. The number of fused-ring (bicyclic) bond motifs is 1. The summed E-state index contributed by atoms with van der Waals surface area (Å²) in [7, 11) is 0. The molecule has 4 aromatic rings. The topological polar surface area (TPSA) is 46.8 Å². The van der Waals surface area contributed by atoms with Crippen LogP contribution < -0.4 is 0 Å². The molecular weight excluding hydrogens is 438 g/mol. The van der Waals surface area contributed by atoms with Gasteiger partial charge >= 0.3 is 0 Å². The molecule has 1 atom stereocenters. The lowest BCUT2D eigenvalue weighted by Crippen LogP contribution is -2.30. The van der Waals surface area contributed by atoms with Gasteiger partial charge in [-0.1, -0.05) is 42.8 Å². The van der Waals surface area contributed by atoms with Crippen molar-refractivity contribution in [3.8, 4) is 0 Å². The van der Waals surface area contributed by atoms with Crippen molar-refractivity contribution in [1.29, 1.82) is 0 Å². The molecule has 0 aliphatic carbocycles. The van der Waals surface area contributed by atoms with Gasteiger partial charge in [-0.25, -0.2) is 9.67 Å². The number of aromatic nitrogens is 4. The summed E-state index contributed by atoms with van der Waals surface area (Å²) in [6.07, 6.45) is 9.35. The molecular formula is C28H35N5S. The molecule has 1 unspecified atom stereocenters. The van der Waals surface area contributed by atoms with E-state index in [2.05, 4.69) is 78.6 Å². The summed E-state index contributed by atoms with van der Waals surface area (Å²) in [4.78, 5) is 7.64. The zero-order chi connectivity index (χ0) is 23.5. The van der Waals surface area contributed by atoms with Crippen molar-refractivity contribution in [2.24, 2.45) is 0 Å². The molecule has 0 saturated carbocycles. The van der Waals surface area contributed by atoms with Gasteiger partial charge in [-0.2, -0.15) is 0 Å². The first-order chi connectivity index (χ1) is 16.6. The molecule has 1 fully saturated rings. The molecule has 1 aliphatic heterocycles. The van der Waals surface area contributed by atoms with Gasteiger partial charge in [0.15, 0.2) is 0 Å². The van der Waals surface area contributed by atoms with E-state index in [4.69, 9.17) is 4.98 Å². The summed E-state index contributed by atoms with van der Waals surface area (Å²) in [5.74, 6) is 0. The van der Waals surface area contributed by atoms with Crippen molar-refractivity contribution in [3.63, 3.8) is 0 Å². The van der Waals surface area contributed by atoms with Gasteiger partial charge in [0.2, 0.25) is 0 Å². The summed E-state index contributed by atoms with van der Waals surface area (Å²) < 4.78 is 3.27. The molecule has 0 radical (unpaired) electrons. The lowest BCUT2D eigenvalue weighted by Gasteiger charge is -2.26. The molecule has 0 N–H and O–H groups in total. The number of rotatable bonds is 8. The third-order valence-corrected chi connectivity index (χ3v) is 8.21. The van der Waals surface area contributed by atoms with Crippen molar-refractivity contribution in [1.82, 2.24) is 24.9 Å². The molecule has 6 heteroatoms. The second-order valence-corrected chi connectivity index (χ2v) is 10.7. The Balaban J connectivity index is 1.42. The first kappa shape index (κ1) is 23.2. The van der Waals surface area contributed by atoms with Crippen LogP contribution in [0.5, 0.6) is 0 Å². The molecule has 1 saturated heterocycles. The highest BCUT2D eigenvalue weighted by molar-refractivity contribution is 7.18. The normalized spacial score (nSPS) is 15.7. The summed E-state index contributed by atoms with van der Waals surface area (Å²) in [6, 6.07) is 13.3. The summed E-state index contributed by atoms with van der Waals surface area (Å²) in [5, 5.41) is 10.2. The highest BCUT2D eigenvalue weighted by Crippen LogP contribution is 2.34. The predicted molar refractivity (Wildman–Crippen MR) is 141 cm³/mol. The first-order valence-corrected chi connectivity index (χ1v) is 13.5. The number of benzene rings is 2. The second kappa shape index (κ2) is 10.4. The van der Waals surface area contributed by atoms with E-state index >= 15 is 0 Å². The maximum atomic E-state index is 5.05.